The molecule has 1 heterocycles. The second kappa shape index (κ2) is 10.9. The number of esters is 1. The molecule has 0 spiro atoms. The van der Waals surface area contributed by atoms with Crippen LogP contribution in [0.25, 0.3) is 0 Å². The van der Waals surface area contributed by atoms with Crippen molar-refractivity contribution in [3.8, 4) is 0 Å². The van der Waals surface area contributed by atoms with E-state index in [1.165, 1.54) is 4.90 Å². The Morgan fingerprint density at radius 2 is 1.81 bits per heavy atom. The van der Waals surface area contributed by atoms with Crippen LogP contribution in [0.15, 0.2) is 54.6 Å². The Kier molecular flexibility index (Phi) is 8.00. The molecule has 0 aliphatic carbocycles. The Morgan fingerprint density at radius 1 is 1.12 bits per heavy atom. The van der Waals surface area contributed by atoms with Crippen LogP contribution < -0.4 is 5.32 Å². The number of ether oxygens (including phenoxy) is 1. The van der Waals surface area contributed by atoms with Crippen molar-refractivity contribution in [2.45, 2.75) is 38.3 Å². The van der Waals surface area contributed by atoms with E-state index in [-0.39, 0.29) is 25.0 Å². The van der Waals surface area contributed by atoms with E-state index in [2.05, 4.69) is 5.32 Å². The maximum Gasteiger partial charge on any atom is 0.321 e. The van der Waals surface area contributed by atoms with E-state index in [4.69, 9.17) is 4.74 Å². The van der Waals surface area contributed by atoms with Crippen LogP contribution in [-0.2, 0) is 32.0 Å². The minimum atomic E-state index is -0.993. The number of hydrogen-bond acceptors (Lipinski definition) is 5. The van der Waals surface area contributed by atoms with E-state index in [1.807, 2.05) is 54.6 Å². The SMILES string of the molecule is CCOC(=O)C(CCc1ccccc1)CN(C)C(=O)C1NC(C(=O)O)Cc2ccccc21. The summed E-state index contributed by atoms with van der Waals surface area (Å²) in [5, 5.41) is 12.5. The lowest BCUT2D eigenvalue weighted by Crippen LogP contribution is -2.51. The molecule has 3 unspecified atom stereocenters. The molecule has 0 aromatic heterocycles. The van der Waals surface area contributed by atoms with Crippen molar-refractivity contribution in [1.29, 1.82) is 0 Å². The van der Waals surface area contributed by atoms with Gasteiger partial charge in [0.2, 0.25) is 5.91 Å². The fraction of sp³-hybridized carbons (Fsp3) is 0.400. The summed E-state index contributed by atoms with van der Waals surface area (Å²) in [4.78, 5) is 39.0. The first-order valence-corrected chi connectivity index (χ1v) is 10.9. The van der Waals surface area contributed by atoms with Gasteiger partial charge in [0, 0.05) is 13.6 Å². The number of amides is 1. The van der Waals surface area contributed by atoms with Crippen LogP contribution in [0.5, 0.6) is 0 Å². The van der Waals surface area contributed by atoms with E-state index in [1.54, 1.807) is 14.0 Å². The quantitative estimate of drug-likeness (QED) is 0.585. The molecule has 0 saturated carbocycles. The molecule has 0 radical (unpaired) electrons. The summed E-state index contributed by atoms with van der Waals surface area (Å²) in [7, 11) is 1.64. The van der Waals surface area contributed by atoms with Crippen molar-refractivity contribution in [2.75, 3.05) is 20.2 Å². The molecule has 7 nitrogen and oxygen atoms in total. The second-order valence-electron chi connectivity index (χ2n) is 8.09. The summed E-state index contributed by atoms with van der Waals surface area (Å²) in [5.41, 5.74) is 2.73. The highest BCUT2D eigenvalue weighted by Crippen LogP contribution is 2.27. The van der Waals surface area contributed by atoms with Crippen LogP contribution in [0.4, 0.5) is 0 Å². The molecule has 2 N–H and O–H groups in total. The molecule has 0 bridgehead atoms. The Bertz CT molecular complexity index is 946. The number of carbonyl (C=O) groups excluding carboxylic acids is 2. The maximum absolute atomic E-state index is 13.3. The van der Waals surface area contributed by atoms with Crippen molar-refractivity contribution in [1.82, 2.24) is 10.2 Å². The predicted molar refractivity (Wildman–Crippen MR) is 120 cm³/mol. The summed E-state index contributed by atoms with van der Waals surface area (Å²) >= 11 is 0. The van der Waals surface area contributed by atoms with Gasteiger partial charge in [0.05, 0.1) is 12.5 Å². The molecule has 170 valence electrons. The van der Waals surface area contributed by atoms with E-state index < -0.39 is 24.0 Å². The standard InChI is InChI=1S/C25H30N2O5/c1-3-32-25(31)19(14-13-17-9-5-4-6-10-17)16-27(2)23(28)22-20-12-8-7-11-18(20)15-21(26-22)24(29)30/h4-12,19,21-22,26H,3,13-16H2,1-2H3,(H,29,30). The molecule has 32 heavy (non-hydrogen) atoms. The highest BCUT2D eigenvalue weighted by molar-refractivity contribution is 5.86. The lowest BCUT2D eigenvalue weighted by Gasteiger charge is -2.33. The van der Waals surface area contributed by atoms with Gasteiger partial charge in [-0.05, 0) is 42.9 Å². The highest BCUT2D eigenvalue weighted by Gasteiger charge is 2.36. The molecular weight excluding hydrogens is 408 g/mol. The summed E-state index contributed by atoms with van der Waals surface area (Å²) < 4.78 is 5.25. The Labute approximate surface area is 188 Å². The molecule has 1 aliphatic heterocycles. The topological polar surface area (TPSA) is 95.9 Å². The molecule has 2 aromatic carbocycles. The van der Waals surface area contributed by atoms with Gasteiger partial charge in [-0.3, -0.25) is 19.7 Å². The van der Waals surface area contributed by atoms with Gasteiger partial charge in [-0.2, -0.15) is 0 Å². The molecule has 3 rings (SSSR count). The molecule has 7 heteroatoms. The fourth-order valence-electron chi connectivity index (χ4n) is 4.10. The minimum absolute atomic E-state index is 0.197. The van der Waals surface area contributed by atoms with Gasteiger partial charge in [-0.15, -0.1) is 0 Å². The predicted octanol–water partition coefficient (Wildman–Crippen LogP) is 2.60. The average Bonchev–Trinajstić information content (AvgIpc) is 2.81. The first-order valence-electron chi connectivity index (χ1n) is 10.9. The lowest BCUT2D eigenvalue weighted by atomic mass is 9.89. The smallest absolute Gasteiger partial charge is 0.321 e. The zero-order valence-electron chi connectivity index (χ0n) is 18.5. The van der Waals surface area contributed by atoms with Crippen molar-refractivity contribution >= 4 is 17.8 Å². The summed E-state index contributed by atoms with van der Waals surface area (Å²) in [6.45, 7) is 2.23. The third-order valence-electron chi connectivity index (χ3n) is 5.82. The number of carboxylic acid groups (broad SMARTS) is 1. The first kappa shape index (κ1) is 23.5. The van der Waals surface area contributed by atoms with Crippen LogP contribution in [0, 0.1) is 5.92 Å². The van der Waals surface area contributed by atoms with Gasteiger partial charge in [0.25, 0.3) is 0 Å². The monoisotopic (exact) mass is 438 g/mol. The number of aryl methyl sites for hydroxylation is 1. The van der Waals surface area contributed by atoms with Crippen LogP contribution in [0.1, 0.15) is 36.1 Å². The van der Waals surface area contributed by atoms with Crippen LogP contribution in [0.2, 0.25) is 0 Å². The van der Waals surface area contributed by atoms with E-state index in [9.17, 15) is 19.5 Å². The Morgan fingerprint density at radius 3 is 2.50 bits per heavy atom. The lowest BCUT2D eigenvalue weighted by molar-refractivity contribution is -0.149. The van der Waals surface area contributed by atoms with Gasteiger partial charge in [0.1, 0.15) is 12.1 Å². The van der Waals surface area contributed by atoms with Gasteiger partial charge in [-0.25, -0.2) is 0 Å². The summed E-state index contributed by atoms with van der Waals surface area (Å²) in [6.07, 6.45) is 1.56. The van der Waals surface area contributed by atoms with Crippen molar-refractivity contribution < 1.29 is 24.2 Å². The third-order valence-corrected chi connectivity index (χ3v) is 5.82. The third kappa shape index (κ3) is 5.73. The van der Waals surface area contributed by atoms with Crippen LogP contribution in [0.3, 0.4) is 0 Å². The maximum atomic E-state index is 13.3. The molecule has 2 aromatic rings. The van der Waals surface area contributed by atoms with Crippen LogP contribution >= 0.6 is 0 Å². The minimum Gasteiger partial charge on any atom is -0.480 e. The number of hydrogen-bond donors (Lipinski definition) is 2. The van der Waals surface area contributed by atoms with Crippen molar-refractivity contribution in [3.63, 3.8) is 0 Å². The summed E-state index contributed by atoms with van der Waals surface area (Å²) in [6, 6.07) is 15.6. The fourth-order valence-corrected chi connectivity index (χ4v) is 4.10. The largest absolute Gasteiger partial charge is 0.480 e. The van der Waals surface area contributed by atoms with Gasteiger partial charge < -0.3 is 14.7 Å². The van der Waals surface area contributed by atoms with Gasteiger partial charge in [-0.1, -0.05) is 54.6 Å². The Hall–Kier alpha value is -3.19. The zero-order valence-corrected chi connectivity index (χ0v) is 18.5. The number of rotatable bonds is 9. The van der Waals surface area contributed by atoms with Crippen molar-refractivity contribution in [2.24, 2.45) is 5.92 Å². The highest BCUT2D eigenvalue weighted by atomic mass is 16.5. The zero-order chi connectivity index (χ0) is 23.1. The number of benzene rings is 2. The van der Waals surface area contributed by atoms with E-state index in [0.717, 1.165) is 16.7 Å². The number of likely N-dealkylation sites (N-methyl/N-ethyl adjacent to an activating group) is 1. The Balaban J connectivity index is 1.74. The van der Waals surface area contributed by atoms with Crippen molar-refractivity contribution in [3.05, 3.63) is 71.3 Å². The molecule has 3 atom stereocenters. The second-order valence-corrected chi connectivity index (χ2v) is 8.09. The van der Waals surface area contributed by atoms with E-state index >= 15 is 0 Å². The summed E-state index contributed by atoms with van der Waals surface area (Å²) in [5.74, 6) is -2.06. The molecule has 1 amide bonds. The van der Waals surface area contributed by atoms with Crippen LogP contribution in [-0.4, -0.2) is 54.1 Å². The number of carbonyl (C=O) groups is 3. The normalized spacial score (nSPS) is 18.3. The number of fused-ring (bicyclic) bond motifs is 1. The number of carboxylic acids is 1. The first-order chi connectivity index (χ1) is 15.4. The van der Waals surface area contributed by atoms with Gasteiger partial charge in [0.15, 0.2) is 0 Å². The molecule has 1 aliphatic rings. The number of nitrogens with one attached hydrogen (secondary N) is 1. The van der Waals surface area contributed by atoms with Gasteiger partial charge >= 0.3 is 11.9 Å². The van der Waals surface area contributed by atoms with E-state index in [0.29, 0.717) is 19.3 Å². The molecular formula is C25H30N2O5. The number of aliphatic carboxylic acids is 1. The number of nitrogens with zero attached hydrogens (tertiary/aromatic N) is 1. The molecule has 0 fully saturated rings. The average molecular weight is 439 g/mol. The molecule has 0 saturated heterocycles.